The summed E-state index contributed by atoms with van der Waals surface area (Å²) in [5.41, 5.74) is 4.84. The molecule has 0 saturated carbocycles. The van der Waals surface area contributed by atoms with Crippen molar-refractivity contribution in [2.24, 2.45) is 0 Å². The molecule has 4 rings (SSSR count). The van der Waals surface area contributed by atoms with E-state index in [1.54, 1.807) is 0 Å². The quantitative estimate of drug-likeness (QED) is 0.518. The predicted molar refractivity (Wildman–Crippen MR) is 82.4 cm³/mol. The molecule has 0 fully saturated rings. The number of halogens is 1. The van der Waals surface area contributed by atoms with Gasteiger partial charge in [0, 0.05) is 27.8 Å². The van der Waals surface area contributed by atoms with Crippen molar-refractivity contribution in [3.8, 4) is 11.1 Å². The van der Waals surface area contributed by atoms with E-state index in [4.69, 9.17) is 0 Å². The molecule has 0 saturated heterocycles. The Morgan fingerprint density at radius 3 is 2.79 bits per heavy atom. The van der Waals surface area contributed by atoms with E-state index in [9.17, 15) is 0 Å². The summed E-state index contributed by atoms with van der Waals surface area (Å²) in [6.45, 7) is 0. The van der Waals surface area contributed by atoms with Crippen LogP contribution in [0.1, 0.15) is 0 Å². The summed E-state index contributed by atoms with van der Waals surface area (Å²) >= 11 is 3.55. The maximum absolute atomic E-state index is 3.55. The Kier molecular flexibility index (Phi) is 2.29. The molecule has 0 aliphatic carbocycles. The average Bonchev–Trinajstić information content (AvgIpc) is 2.98. The number of hydrogen-bond donors (Lipinski definition) is 1. The summed E-state index contributed by atoms with van der Waals surface area (Å²) in [6.07, 6.45) is 4.04. The second-order valence-electron chi connectivity index (χ2n) is 4.58. The first kappa shape index (κ1) is 10.9. The number of para-hydroxylation sites is 1. The smallest absolute Gasteiger partial charge is 0.123 e. The first-order valence-corrected chi connectivity index (χ1v) is 6.96. The van der Waals surface area contributed by atoms with Crippen molar-refractivity contribution < 1.29 is 0 Å². The van der Waals surface area contributed by atoms with Gasteiger partial charge in [0.05, 0.1) is 5.52 Å². The molecule has 2 aromatic heterocycles. The highest BCUT2D eigenvalue weighted by molar-refractivity contribution is 9.10. The molecule has 4 aromatic rings. The van der Waals surface area contributed by atoms with Crippen LogP contribution in [0.15, 0.2) is 65.4 Å². The minimum Gasteiger partial charge on any atom is -0.346 e. The minimum absolute atomic E-state index is 1.10. The molecule has 92 valence electrons. The van der Waals surface area contributed by atoms with Crippen molar-refractivity contribution in [2.45, 2.75) is 0 Å². The van der Waals surface area contributed by atoms with E-state index in [1.165, 1.54) is 22.0 Å². The highest BCUT2D eigenvalue weighted by Crippen LogP contribution is 2.35. The van der Waals surface area contributed by atoms with Gasteiger partial charge in [-0.2, -0.15) is 0 Å². The summed E-state index contributed by atoms with van der Waals surface area (Å²) in [5, 5.41) is 1.27. The van der Waals surface area contributed by atoms with E-state index in [-0.39, 0.29) is 0 Å². The molecule has 0 aliphatic heterocycles. The predicted octanol–water partition coefficient (Wildman–Crippen LogP) is 4.85. The maximum Gasteiger partial charge on any atom is 0.123 e. The maximum atomic E-state index is 3.55. The zero-order valence-corrected chi connectivity index (χ0v) is 11.7. The van der Waals surface area contributed by atoms with Crippen molar-refractivity contribution in [1.29, 1.82) is 0 Å². The Morgan fingerprint density at radius 1 is 1.00 bits per heavy atom. The van der Waals surface area contributed by atoms with Crippen LogP contribution >= 0.6 is 15.9 Å². The van der Waals surface area contributed by atoms with E-state index in [0.29, 0.717) is 0 Å². The number of H-pyrrole nitrogens is 1. The topological polar surface area (TPSA) is 20.2 Å². The molecule has 0 radical (unpaired) electrons. The number of nitrogens with one attached hydrogen (secondary N) is 1. The molecule has 0 unspecified atom stereocenters. The fraction of sp³-hybridized carbons (Fsp3) is 0. The van der Waals surface area contributed by atoms with Gasteiger partial charge in [0.25, 0.3) is 0 Å². The van der Waals surface area contributed by atoms with E-state index in [1.807, 2.05) is 12.3 Å². The molecule has 0 bridgehead atoms. The first-order chi connectivity index (χ1) is 9.34. The Labute approximate surface area is 118 Å². The average molecular weight is 311 g/mol. The van der Waals surface area contributed by atoms with Gasteiger partial charge in [-0.25, -0.2) is 0 Å². The molecule has 0 amide bonds. The standard InChI is InChI=1S/C16H11BrN2/c17-12-5-3-4-11(10-12)15-13-6-1-2-7-14(13)19-9-8-18-16(15)19/h1-10,18H. The normalized spacial score (nSPS) is 11.4. The van der Waals surface area contributed by atoms with Crippen LogP contribution in [0.5, 0.6) is 0 Å². The van der Waals surface area contributed by atoms with E-state index < -0.39 is 0 Å². The number of benzene rings is 2. The van der Waals surface area contributed by atoms with E-state index in [2.05, 4.69) is 74.0 Å². The number of imidazole rings is 1. The number of aromatic amines is 1. The third-order valence-corrected chi connectivity index (χ3v) is 3.96. The third kappa shape index (κ3) is 1.55. The van der Waals surface area contributed by atoms with Gasteiger partial charge in [-0.15, -0.1) is 0 Å². The molecule has 0 aliphatic rings. The molecule has 0 spiro atoms. The Hall–Kier alpha value is -2.00. The molecule has 2 aromatic carbocycles. The number of rotatable bonds is 1. The summed E-state index contributed by atoms with van der Waals surface area (Å²) in [5.74, 6) is 0. The fourth-order valence-corrected chi connectivity index (χ4v) is 3.09. The van der Waals surface area contributed by atoms with Crippen LogP contribution in [0.4, 0.5) is 0 Å². The number of hydrogen-bond acceptors (Lipinski definition) is 0. The van der Waals surface area contributed by atoms with Crippen LogP contribution in [0.25, 0.3) is 27.7 Å². The highest BCUT2D eigenvalue weighted by Gasteiger charge is 2.13. The van der Waals surface area contributed by atoms with Gasteiger partial charge < -0.3 is 9.38 Å². The zero-order valence-electron chi connectivity index (χ0n) is 10.1. The summed E-state index contributed by atoms with van der Waals surface area (Å²) in [4.78, 5) is 3.34. The van der Waals surface area contributed by atoms with Gasteiger partial charge in [0.1, 0.15) is 5.65 Å². The fourth-order valence-electron chi connectivity index (χ4n) is 2.69. The monoisotopic (exact) mass is 310 g/mol. The van der Waals surface area contributed by atoms with Gasteiger partial charge in [0.2, 0.25) is 0 Å². The lowest BCUT2D eigenvalue weighted by molar-refractivity contribution is 1.29. The summed E-state index contributed by atoms with van der Waals surface area (Å²) < 4.78 is 3.30. The van der Waals surface area contributed by atoms with Crippen molar-refractivity contribution in [3.63, 3.8) is 0 Å². The van der Waals surface area contributed by atoms with E-state index in [0.717, 1.165) is 10.1 Å². The van der Waals surface area contributed by atoms with Crippen molar-refractivity contribution in [1.82, 2.24) is 9.38 Å². The second kappa shape index (κ2) is 4.00. The van der Waals surface area contributed by atoms with Crippen LogP contribution in [0.2, 0.25) is 0 Å². The first-order valence-electron chi connectivity index (χ1n) is 6.17. The van der Waals surface area contributed by atoms with Gasteiger partial charge >= 0.3 is 0 Å². The van der Waals surface area contributed by atoms with Gasteiger partial charge in [-0.1, -0.05) is 46.3 Å². The Balaban J connectivity index is 2.19. The molecule has 2 nitrogen and oxygen atoms in total. The molecule has 0 atom stereocenters. The number of fused-ring (bicyclic) bond motifs is 3. The van der Waals surface area contributed by atoms with Crippen LogP contribution in [0, 0.1) is 0 Å². The van der Waals surface area contributed by atoms with Crippen LogP contribution in [-0.2, 0) is 0 Å². The second-order valence-corrected chi connectivity index (χ2v) is 5.50. The molecular formula is C16H11BrN2. The SMILES string of the molecule is Brc1cccc(-c2c3ccccc3n3cc[nH]c23)c1. The highest BCUT2D eigenvalue weighted by atomic mass is 79.9. The lowest BCUT2D eigenvalue weighted by Gasteiger charge is -2.01. The van der Waals surface area contributed by atoms with Gasteiger partial charge in [-0.3, -0.25) is 0 Å². The Morgan fingerprint density at radius 2 is 1.89 bits per heavy atom. The number of aromatic nitrogens is 2. The summed E-state index contributed by atoms with van der Waals surface area (Å²) in [7, 11) is 0. The van der Waals surface area contributed by atoms with Gasteiger partial charge in [0.15, 0.2) is 0 Å². The molecule has 2 heterocycles. The van der Waals surface area contributed by atoms with Crippen molar-refractivity contribution in [3.05, 3.63) is 65.4 Å². The molecule has 19 heavy (non-hydrogen) atoms. The van der Waals surface area contributed by atoms with Crippen LogP contribution in [0.3, 0.4) is 0 Å². The zero-order chi connectivity index (χ0) is 12.8. The van der Waals surface area contributed by atoms with Crippen LogP contribution < -0.4 is 0 Å². The third-order valence-electron chi connectivity index (χ3n) is 3.47. The lowest BCUT2D eigenvalue weighted by Crippen LogP contribution is -1.78. The van der Waals surface area contributed by atoms with E-state index >= 15 is 0 Å². The van der Waals surface area contributed by atoms with Crippen molar-refractivity contribution in [2.75, 3.05) is 0 Å². The minimum atomic E-state index is 1.10. The van der Waals surface area contributed by atoms with Crippen molar-refractivity contribution >= 4 is 32.5 Å². The largest absolute Gasteiger partial charge is 0.346 e. The number of nitrogens with zero attached hydrogens (tertiary/aromatic N) is 1. The van der Waals surface area contributed by atoms with Gasteiger partial charge in [-0.05, 0) is 23.8 Å². The summed E-state index contributed by atoms with van der Waals surface area (Å²) in [6, 6.07) is 16.9. The Bertz CT molecular complexity index is 886. The molecule has 3 heteroatoms. The lowest BCUT2D eigenvalue weighted by atomic mass is 10.0. The molecule has 1 N–H and O–H groups in total. The molecular weight excluding hydrogens is 300 g/mol. The van der Waals surface area contributed by atoms with Crippen LogP contribution in [-0.4, -0.2) is 9.38 Å².